The number of primary amides is 1. The maximum Gasteiger partial charge on any atom is 0.416 e. The van der Waals surface area contributed by atoms with Gasteiger partial charge in [-0.15, -0.1) is 0 Å². The van der Waals surface area contributed by atoms with Gasteiger partial charge < -0.3 is 11.1 Å². The number of alkyl halides is 3. The summed E-state index contributed by atoms with van der Waals surface area (Å²) in [6.45, 7) is 0. The molecule has 1 atom stereocenters. The standard InChI is InChI=1S/C17H15BrF3N3O2/c18-15-11(4-2-6-23-15)9-13(16(22)26)24-14(25)8-10-3-1-5-12(7-10)17(19,20)21/h1-7,13H,8-9H2,(H2,22,26)(H,24,25)/t13-/m0/s1. The smallest absolute Gasteiger partial charge is 0.368 e. The normalized spacial score (nSPS) is 12.5. The van der Waals surface area contributed by atoms with Gasteiger partial charge in [0.2, 0.25) is 11.8 Å². The zero-order valence-corrected chi connectivity index (χ0v) is 15.0. The first-order valence-corrected chi connectivity index (χ1v) is 8.30. The van der Waals surface area contributed by atoms with Crippen molar-refractivity contribution >= 4 is 27.7 Å². The van der Waals surface area contributed by atoms with Crippen LogP contribution in [0.5, 0.6) is 0 Å². The number of benzene rings is 1. The molecular weight excluding hydrogens is 415 g/mol. The van der Waals surface area contributed by atoms with Crippen LogP contribution in [-0.2, 0) is 28.6 Å². The van der Waals surface area contributed by atoms with Crippen molar-refractivity contribution in [3.8, 4) is 0 Å². The van der Waals surface area contributed by atoms with E-state index < -0.39 is 29.6 Å². The van der Waals surface area contributed by atoms with Crippen LogP contribution in [0.1, 0.15) is 16.7 Å². The molecule has 0 aliphatic heterocycles. The van der Waals surface area contributed by atoms with E-state index in [0.717, 1.165) is 12.1 Å². The molecule has 2 rings (SSSR count). The summed E-state index contributed by atoms with van der Waals surface area (Å²) in [6.07, 6.45) is -3.13. The van der Waals surface area contributed by atoms with Crippen LogP contribution in [0.25, 0.3) is 0 Å². The zero-order chi connectivity index (χ0) is 19.3. The predicted octanol–water partition coefficient (Wildman–Crippen LogP) is 2.62. The van der Waals surface area contributed by atoms with E-state index in [4.69, 9.17) is 5.73 Å². The summed E-state index contributed by atoms with van der Waals surface area (Å²) in [4.78, 5) is 27.8. The Morgan fingerprint density at radius 3 is 2.58 bits per heavy atom. The molecular formula is C17H15BrF3N3O2. The van der Waals surface area contributed by atoms with Crippen LogP contribution in [0.2, 0.25) is 0 Å². The van der Waals surface area contributed by atoms with Crippen LogP contribution < -0.4 is 11.1 Å². The first-order valence-electron chi connectivity index (χ1n) is 7.51. The maximum absolute atomic E-state index is 12.7. The number of nitrogens with one attached hydrogen (secondary N) is 1. The predicted molar refractivity (Wildman–Crippen MR) is 91.9 cm³/mol. The third-order valence-corrected chi connectivity index (χ3v) is 4.27. The van der Waals surface area contributed by atoms with Crippen LogP contribution in [-0.4, -0.2) is 22.8 Å². The minimum Gasteiger partial charge on any atom is -0.368 e. The van der Waals surface area contributed by atoms with Crippen molar-refractivity contribution in [2.75, 3.05) is 0 Å². The molecule has 3 N–H and O–H groups in total. The van der Waals surface area contributed by atoms with Gasteiger partial charge in [0.05, 0.1) is 12.0 Å². The molecule has 0 unspecified atom stereocenters. The van der Waals surface area contributed by atoms with E-state index in [-0.39, 0.29) is 18.4 Å². The molecule has 1 heterocycles. The lowest BCUT2D eigenvalue weighted by molar-refractivity contribution is -0.137. The highest BCUT2D eigenvalue weighted by Gasteiger charge is 2.30. The van der Waals surface area contributed by atoms with Gasteiger partial charge in [0.25, 0.3) is 0 Å². The Balaban J connectivity index is 2.07. The van der Waals surface area contributed by atoms with Crippen molar-refractivity contribution in [1.29, 1.82) is 0 Å². The molecule has 138 valence electrons. The Morgan fingerprint density at radius 1 is 1.23 bits per heavy atom. The number of pyridine rings is 1. The van der Waals surface area contributed by atoms with Crippen molar-refractivity contribution in [3.63, 3.8) is 0 Å². The average Bonchev–Trinajstić information content (AvgIpc) is 2.55. The minimum atomic E-state index is -4.49. The summed E-state index contributed by atoms with van der Waals surface area (Å²) < 4.78 is 38.7. The van der Waals surface area contributed by atoms with Gasteiger partial charge in [-0.3, -0.25) is 9.59 Å². The molecule has 0 aliphatic carbocycles. The quantitative estimate of drug-likeness (QED) is 0.692. The number of hydrogen-bond acceptors (Lipinski definition) is 3. The van der Waals surface area contributed by atoms with Gasteiger partial charge in [0.1, 0.15) is 10.6 Å². The summed E-state index contributed by atoms with van der Waals surface area (Å²) in [5, 5.41) is 2.46. The number of hydrogen-bond donors (Lipinski definition) is 2. The SMILES string of the molecule is NC(=O)[C@H](Cc1cccnc1Br)NC(=O)Cc1cccc(C(F)(F)F)c1. The first-order chi connectivity index (χ1) is 12.2. The second kappa shape index (κ2) is 8.31. The molecule has 1 aromatic carbocycles. The van der Waals surface area contributed by atoms with Crippen molar-refractivity contribution in [2.24, 2.45) is 5.73 Å². The Bertz CT molecular complexity index is 812. The van der Waals surface area contributed by atoms with E-state index in [2.05, 4.69) is 26.2 Å². The number of halogens is 4. The molecule has 0 fully saturated rings. The highest BCUT2D eigenvalue weighted by Crippen LogP contribution is 2.29. The topological polar surface area (TPSA) is 85.1 Å². The maximum atomic E-state index is 12.7. The Morgan fingerprint density at radius 2 is 1.96 bits per heavy atom. The van der Waals surface area contributed by atoms with Crippen molar-refractivity contribution < 1.29 is 22.8 Å². The van der Waals surface area contributed by atoms with Crippen LogP contribution >= 0.6 is 15.9 Å². The van der Waals surface area contributed by atoms with Crippen LogP contribution in [0.15, 0.2) is 47.2 Å². The fraction of sp³-hybridized carbons (Fsp3) is 0.235. The lowest BCUT2D eigenvalue weighted by atomic mass is 10.1. The molecule has 0 saturated heterocycles. The lowest BCUT2D eigenvalue weighted by Crippen LogP contribution is -2.46. The van der Waals surface area contributed by atoms with E-state index >= 15 is 0 Å². The number of nitrogens with zero attached hydrogens (tertiary/aromatic N) is 1. The van der Waals surface area contributed by atoms with Gasteiger partial charge in [-0.2, -0.15) is 13.2 Å². The number of nitrogens with two attached hydrogens (primary N) is 1. The molecule has 0 saturated carbocycles. The number of carbonyl (C=O) groups excluding carboxylic acids is 2. The highest BCUT2D eigenvalue weighted by molar-refractivity contribution is 9.10. The van der Waals surface area contributed by atoms with Crippen molar-refractivity contribution in [2.45, 2.75) is 25.1 Å². The third kappa shape index (κ3) is 5.55. The molecule has 9 heteroatoms. The van der Waals surface area contributed by atoms with Crippen LogP contribution in [0.3, 0.4) is 0 Å². The Hall–Kier alpha value is -2.42. The summed E-state index contributed by atoms with van der Waals surface area (Å²) >= 11 is 3.24. The van der Waals surface area contributed by atoms with E-state index in [1.807, 2.05) is 0 Å². The van der Waals surface area contributed by atoms with Gasteiger partial charge in [-0.25, -0.2) is 4.98 Å². The largest absolute Gasteiger partial charge is 0.416 e. The number of aromatic nitrogens is 1. The van der Waals surface area contributed by atoms with Crippen LogP contribution in [0.4, 0.5) is 13.2 Å². The molecule has 5 nitrogen and oxygen atoms in total. The van der Waals surface area contributed by atoms with E-state index in [1.54, 1.807) is 18.3 Å². The Kier molecular flexibility index (Phi) is 6.36. The van der Waals surface area contributed by atoms with Crippen molar-refractivity contribution in [1.82, 2.24) is 10.3 Å². The summed E-state index contributed by atoms with van der Waals surface area (Å²) in [6, 6.07) is 6.84. The van der Waals surface area contributed by atoms with E-state index in [1.165, 1.54) is 12.1 Å². The summed E-state index contributed by atoms with van der Waals surface area (Å²) in [7, 11) is 0. The fourth-order valence-corrected chi connectivity index (χ4v) is 2.71. The van der Waals surface area contributed by atoms with E-state index in [0.29, 0.717) is 10.2 Å². The molecule has 1 aromatic heterocycles. The van der Waals surface area contributed by atoms with Gasteiger partial charge in [0.15, 0.2) is 0 Å². The monoisotopic (exact) mass is 429 g/mol. The molecule has 0 aliphatic rings. The van der Waals surface area contributed by atoms with E-state index in [9.17, 15) is 22.8 Å². The fourth-order valence-electron chi connectivity index (χ4n) is 2.30. The summed E-state index contributed by atoms with van der Waals surface area (Å²) in [5.41, 5.74) is 5.33. The zero-order valence-electron chi connectivity index (χ0n) is 13.4. The second-order valence-electron chi connectivity index (χ2n) is 5.55. The van der Waals surface area contributed by atoms with Crippen molar-refractivity contribution in [3.05, 3.63) is 63.9 Å². The lowest BCUT2D eigenvalue weighted by Gasteiger charge is -2.16. The average molecular weight is 430 g/mol. The Labute approximate surface area is 155 Å². The van der Waals surface area contributed by atoms with Crippen LogP contribution in [0, 0.1) is 0 Å². The van der Waals surface area contributed by atoms with Gasteiger partial charge in [-0.1, -0.05) is 24.3 Å². The number of rotatable bonds is 6. The van der Waals surface area contributed by atoms with Gasteiger partial charge >= 0.3 is 6.18 Å². The third-order valence-electron chi connectivity index (χ3n) is 3.56. The summed E-state index contributed by atoms with van der Waals surface area (Å²) in [5.74, 6) is -1.36. The second-order valence-corrected chi connectivity index (χ2v) is 6.31. The molecule has 2 amide bonds. The highest BCUT2D eigenvalue weighted by atomic mass is 79.9. The molecule has 0 radical (unpaired) electrons. The molecule has 26 heavy (non-hydrogen) atoms. The molecule has 0 spiro atoms. The number of carbonyl (C=O) groups is 2. The minimum absolute atomic E-state index is 0.109. The molecule has 0 bridgehead atoms. The van der Waals surface area contributed by atoms with Gasteiger partial charge in [0, 0.05) is 12.6 Å². The molecule has 2 aromatic rings. The van der Waals surface area contributed by atoms with Gasteiger partial charge in [-0.05, 0) is 39.2 Å². The number of amides is 2. The first kappa shape index (κ1) is 19.9.